The average molecular weight is 473 g/mol. The molecule has 0 radical (unpaired) electrons. The van der Waals surface area contributed by atoms with Gasteiger partial charge in [-0.15, -0.1) is 0 Å². The first-order valence-corrected chi connectivity index (χ1v) is 12.1. The highest BCUT2D eigenvalue weighted by atomic mass is 32.2. The van der Waals surface area contributed by atoms with Crippen molar-refractivity contribution >= 4 is 38.9 Å². The molecular formula is C21H20N4O5S2. The Balaban J connectivity index is 1.53. The Morgan fingerprint density at radius 1 is 1.09 bits per heavy atom. The minimum Gasteiger partial charge on any atom is -0.378 e. The summed E-state index contributed by atoms with van der Waals surface area (Å²) in [6.07, 6.45) is 2.70. The molecule has 32 heavy (non-hydrogen) atoms. The number of rotatable bonds is 9. The highest BCUT2D eigenvalue weighted by Crippen LogP contribution is 2.27. The number of nitrogens with zero attached hydrogens (tertiary/aromatic N) is 2. The van der Waals surface area contributed by atoms with E-state index in [-0.39, 0.29) is 35.3 Å². The fourth-order valence-corrected chi connectivity index (χ4v) is 4.14. The molecule has 9 nitrogen and oxygen atoms in total. The first-order chi connectivity index (χ1) is 15.2. The lowest BCUT2D eigenvalue weighted by Gasteiger charge is -2.10. The smallest absolute Gasteiger partial charge is 0.293 e. The Morgan fingerprint density at radius 3 is 2.47 bits per heavy atom. The van der Waals surface area contributed by atoms with Gasteiger partial charge in [0.05, 0.1) is 9.82 Å². The second-order valence-corrected chi connectivity index (χ2v) is 9.79. The number of anilines is 1. The van der Waals surface area contributed by atoms with Crippen LogP contribution in [0.4, 0.5) is 11.4 Å². The third-order valence-corrected chi connectivity index (χ3v) is 6.37. The first kappa shape index (κ1) is 23.2. The van der Waals surface area contributed by atoms with Crippen LogP contribution in [0.2, 0.25) is 0 Å². The van der Waals surface area contributed by atoms with Crippen LogP contribution in [0, 0.1) is 10.1 Å². The van der Waals surface area contributed by atoms with E-state index in [1.54, 1.807) is 18.3 Å². The predicted molar refractivity (Wildman–Crippen MR) is 122 cm³/mol. The molecule has 1 aromatic heterocycles. The lowest BCUT2D eigenvalue weighted by atomic mass is 10.2. The van der Waals surface area contributed by atoms with Crippen LogP contribution in [0.3, 0.4) is 0 Å². The summed E-state index contributed by atoms with van der Waals surface area (Å²) in [5.74, 6) is -0.275. The van der Waals surface area contributed by atoms with Crippen LogP contribution in [-0.2, 0) is 9.84 Å². The fourth-order valence-electron chi connectivity index (χ4n) is 2.72. The van der Waals surface area contributed by atoms with Crippen molar-refractivity contribution in [3.05, 3.63) is 82.5 Å². The van der Waals surface area contributed by atoms with Crippen molar-refractivity contribution < 1.29 is 18.1 Å². The van der Waals surface area contributed by atoms with Gasteiger partial charge in [0, 0.05) is 42.1 Å². The number of hydrogen-bond acceptors (Lipinski definition) is 8. The molecule has 1 heterocycles. The molecule has 2 N–H and O–H groups in total. The number of nitrogens with one attached hydrogen (secondary N) is 2. The predicted octanol–water partition coefficient (Wildman–Crippen LogP) is 3.39. The third kappa shape index (κ3) is 6.28. The van der Waals surface area contributed by atoms with Gasteiger partial charge in [0.2, 0.25) is 0 Å². The number of carbonyl (C=O) groups excluding carboxylic acids is 1. The van der Waals surface area contributed by atoms with Gasteiger partial charge in [0.25, 0.3) is 11.6 Å². The summed E-state index contributed by atoms with van der Waals surface area (Å²) >= 11 is 1.49. The SMILES string of the molecule is CS(=O)(=O)c1ccc(NCCNC(=O)c2ccc(Sc3ccccn3)cc2)c([N+](=O)[O-])c1. The second kappa shape index (κ2) is 10.2. The lowest BCUT2D eigenvalue weighted by Crippen LogP contribution is -2.28. The van der Waals surface area contributed by atoms with Crippen molar-refractivity contribution in [3.63, 3.8) is 0 Å². The molecule has 0 saturated heterocycles. The number of benzene rings is 2. The minimum atomic E-state index is -3.56. The molecule has 166 valence electrons. The van der Waals surface area contributed by atoms with Gasteiger partial charge < -0.3 is 10.6 Å². The van der Waals surface area contributed by atoms with Crippen LogP contribution in [0.15, 0.2) is 81.7 Å². The molecule has 0 atom stereocenters. The number of nitro groups is 1. The number of nitro benzene ring substituents is 1. The van der Waals surface area contributed by atoms with Crippen LogP contribution >= 0.6 is 11.8 Å². The molecule has 0 bridgehead atoms. The maximum atomic E-state index is 12.3. The van der Waals surface area contributed by atoms with E-state index in [0.29, 0.717) is 5.56 Å². The Hall–Kier alpha value is -3.44. The molecule has 0 saturated carbocycles. The molecule has 3 aromatic rings. The molecule has 0 spiro atoms. The van der Waals surface area contributed by atoms with Crippen molar-refractivity contribution in [2.75, 3.05) is 24.7 Å². The van der Waals surface area contributed by atoms with Gasteiger partial charge in [-0.25, -0.2) is 13.4 Å². The van der Waals surface area contributed by atoms with E-state index < -0.39 is 14.8 Å². The summed E-state index contributed by atoms with van der Waals surface area (Å²) in [5.41, 5.74) is 0.312. The zero-order valence-electron chi connectivity index (χ0n) is 17.0. The van der Waals surface area contributed by atoms with Crippen LogP contribution in [0.5, 0.6) is 0 Å². The topological polar surface area (TPSA) is 131 Å². The summed E-state index contributed by atoms with van der Waals surface area (Å²) in [6, 6.07) is 16.4. The number of carbonyl (C=O) groups is 1. The Kier molecular flexibility index (Phi) is 7.44. The maximum Gasteiger partial charge on any atom is 0.293 e. The van der Waals surface area contributed by atoms with Gasteiger partial charge >= 0.3 is 0 Å². The van der Waals surface area contributed by atoms with E-state index in [1.165, 1.54) is 23.9 Å². The molecule has 1 amide bonds. The first-order valence-electron chi connectivity index (χ1n) is 9.43. The number of hydrogen-bond donors (Lipinski definition) is 2. The van der Waals surface area contributed by atoms with Crippen molar-refractivity contribution in [2.24, 2.45) is 0 Å². The van der Waals surface area contributed by atoms with E-state index >= 15 is 0 Å². The van der Waals surface area contributed by atoms with Crippen molar-refractivity contribution in [3.8, 4) is 0 Å². The summed E-state index contributed by atoms with van der Waals surface area (Å²) in [4.78, 5) is 28.0. The van der Waals surface area contributed by atoms with Gasteiger partial charge in [0.1, 0.15) is 10.7 Å². The van der Waals surface area contributed by atoms with Crippen molar-refractivity contribution in [1.82, 2.24) is 10.3 Å². The standard InChI is InChI=1S/C21H20N4O5S2/c1-32(29,30)17-9-10-18(19(14-17)25(27)28)22-12-13-24-21(26)15-5-7-16(8-6-15)31-20-4-2-3-11-23-20/h2-11,14,22H,12-13H2,1H3,(H,24,26). The highest BCUT2D eigenvalue weighted by Gasteiger charge is 2.18. The van der Waals surface area contributed by atoms with Gasteiger partial charge in [-0.05, 0) is 48.5 Å². The summed E-state index contributed by atoms with van der Waals surface area (Å²) < 4.78 is 23.2. The second-order valence-electron chi connectivity index (χ2n) is 6.69. The van der Waals surface area contributed by atoms with Crippen LogP contribution in [0.1, 0.15) is 10.4 Å². The average Bonchev–Trinajstić information content (AvgIpc) is 2.77. The number of aromatic nitrogens is 1. The number of sulfone groups is 1. The molecule has 2 aromatic carbocycles. The number of pyridine rings is 1. The summed E-state index contributed by atoms with van der Waals surface area (Å²) in [6.45, 7) is 0.437. The molecule has 0 fully saturated rings. The van der Waals surface area contributed by atoms with Gasteiger partial charge in [-0.1, -0.05) is 17.8 Å². The van der Waals surface area contributed by atoms with E-state index in [1.807, 2.05) is 30.3 Å². The van der Waals surface area contributed by atoms with Crippen LogP contribution in [0.25, 0.3) is 0 Å². The molecule has 11 heteroatoms. The monoisotopic (exact) mass is 472 g/mol. The molecule has 0 aliphatic rings. The van der Waals surface area contributed by atoms with Crippen LogP contribution in [-0.4, -0.2) is 43.6 Å². The molecule has 0 aliphatic carbocycles. The van der Waals surface area contributed by atoms with Gasteiger partial charge in [-0.3, -0.25) is 14.9 Å². The molecular weight excluding hydrogens is 452 g/mol. The van der Waals surface area contributed by atoms with Gasteiger partial charge in [-0.2, -0.15) is 0 Å². The largest absolute Gasteiger partial charge is 0.378 e. The number of amides is 1. The molecule has 0 aliphatic heterocycles. The van der Waals surface area contributed by atoms with Crippen LogP contribution < -0.4 is 10.6 Å². The summed E-state index contributed by atoms with van der Waals surface area (Å²) in [7, 11) is -3.56. The Bertz CT molecular complexity index is 1220. The zero-order chi connectivity index (χ0) is 23.1. The molecule has 0 unspecified atom stereocenters. The maximum absolute atomic E-state index is 12.3. The fraction of sp³-hybridized carbons (Fsp3) is 0.143. The van der Waals surface area contributed by atoms with E-state index in [2.05, 4.69) is 15.6 Å². The summed E-state index contributed by atoms with van der Waals surface area (Å²) in [5, 5.41) is 17.7. The van der Waals surface area contributed by atoms with Gasteiger partial charge in [0.15, 0.2) is 9.84 Å². The van der Waals surface area contributed by atoms with E-state index in [9.17, 15) is 23.3 Å². The normalized spacial score (nSPS) is 11.0. The minimum absolute atomic E-state index is 0.132. The zero-order valence-corrected chi connectivity index (χ0v) is 18.7. The Morgan fingerprint density at radius 2 is 1.84 bits per heavy atom. The third-order valence-electron chi connectivity index (χ3n) is 4.30. The van der Waals surface area contributed by atoms with E-state index in [4.69, 9.17) is 0 Å². The van der Waals surface area contributed by atoms with Crippen molar-refractivity contribution in [2.45, 2.75) is 14.8 Å². The van der Waals surface area contributed by atoms with E-state index in [0.717, 1.165) is 22.2 Å². The Labute approximate surface area is 189 Å². The van der Waals surface area contributed by atoms with Crippen molar-refractivity contribution in [1.29, 1.82) is 0 Å². The highest BCUT2D eigenvalue weighted by molar-refractivity contribution is 7.99. The lowest BCUT2D eigenvalue weighted by molar-refractivity contribution is -0.384. The quantitative estimate of drug-likeness (QED) is 0.275. The molecule has 3 rings (SSSR count).